The summed E-state index contributed by atoms with van der Waals surface area (Å²) in [5.74, 6) is 0.814. The van der Waals surface area contributed by atoms with Crippen molar-refractivity contribution in [1.29, 1.82) is 0 Å². The molecule has 0 aliphatic rings. The summed E-state index contributed by atoms with van der Waals surface area (Å²) in [6.45, 7) is 2.80. The van der Waals surface area contributed by atoms with Crippen molar-refractivity contribution >= 4 is 15.9 Å². The number of benzene rings is 1. The molecule has 2 rings (SSSR count). The van der Waals surface area contributed by atoms with Crippen LogP contribution in [-0.4, -0.2) is 9.97 Å². The van der Waals surface area contributed by atoms with Crippen LogP contribution in [0.15, 0.2) is 47.2 Å². The zero-order valence-electron chi connectivity index (χ0n) is 9.60. The highest BCUT2D eigenvalue weighted by molar-refractivity contribution is 9.10. The molecule has 1 N–H and O–H groups in total. The van der Waals surface area contributed by atoms with Crippen LogP contribution in [0.1, 0.15) is 24.4 Å². The van der Waals surface area contributed by atoms with Gasteiger partial charge in [-0.05, 0) is 30.7 Å². The minimum Gasteiger partial charge on any atom is -0.303 e. The summed E-state index contributed by atoms with van der Waals surface area (Å²) in [4.78, 5) is 8.36. The average molecular weight is 292 g/mol. The topological polar surface area (TPSA) is 37.8 Å². The Labute approximate surface area is 109 Å². The average Bonchev–Trinajstić information content (AvgIpc) is 2.37. The summed E-state index contributed by atoms with van der Waals surface area (Å²) < 4.78 is 1.10. The molecular weight excluding hydrogens is 278 g/mol. The molecule has 17 heavy (non-hydrogen) atoms. The smallest absolute Gasteiger partial charge is 0.141 e. The Kier molecular flexibility index (Phi) is 4.23. The zero-order valence-corrected chi connectivity index (χ0v) is 11.2. The number of nitrogens with zero attached hydrogens (tertiary/aromatic N) is 2. The largest absolute Gasteiger partial charge is 0.303 e. The molecule has 0 aliphatic carbocycles. The Balaban J connectivity index is 1.96. The van der Waals surface area contributed by atoms with Crippen LogP contribution in [0.2, 0.25) is 0 Å². The fourth-order valence-corrected chi connectivity index (χ4v) is 1.98. The van der Waals surface area contributed by atoms with Gasteiger partial charge in [-0.3, -0.25) is 0 Å². The minimum atomic E-state index is 0.274. The lowest BCUT2D eigenvalue weighted by Gasteiger charge is -2.13. The lowest BCUT2D eigenvalue weighted by molar-refractivity contribution is 0.559. The van der Waals surface area contributed by atoms with Gasteiger partial charge in [0.2, 0.25) is 0 Å². The molecule has 2 aromatic rings. The highest BCUT2D eigenvalue weighted by atomic mass is 79.9. The number of nitrogens with one attached hydrogen (secondary N) is 1. The zero-order chi connectivity index (χ0) is 12.1. The molecule has 1 aromatic heterocycles. The first-order chi connectivity index (χ1) is 8.25. The molecule has 0 amide bonds. The third kappa shape index (κ3) is 3.61. The van der Waals surface area contributed by atoms with Crippen molar-refractivity contribution in [2.45, 2.75) is 19.5 Å². The van der Waals surface area contributed by atoms with Crippen molar-refractivity contribution in [1.82, 2.24) is 15.3 Å². The van der Waals surface area contributed by atoms with Crippen LogP contribution in [0.4, 0.5) is 0 Å². The summed E-state index contributed by atoms with van der Waals surface area (Å²) in [7, 11) is 0. The molecule has 0 spiro atoms. The van der Waals surface area contributed by atoms with Gasteiger partial charge in [-0.25, -0.2) is 9.97 Å². The third-order valence-electron chi connectivity index (χ3n) is 2.53. The standard InChI is InChI=1S/C13H14BrN3/c1-10(11-4-2-5-12(14)8-11)17-9-13-15-6-3-7-16-13/h2-8,10,17H,9H2,1H3/t10-/m1/s1. The van der Waals surface area contributed by atoms with Crippen LogP contribution in [-0.2, 0) is 6.54 Å². The van der Waals surface area contributed by atoms with E-state index in [2.05, 4.69) is 50.3 Å². The van der Waals surface area contributed by atoms with Gasteiger partial charge in [0, 0.05) is 22.9 Å². The van der Waals surface area contributed by atoms with E-state index in [1.54, 1.807) is 12.4 Å². The first-order valence-corrected chi connectivity index (χ1v) is 6.30. The van der Waals surface area contributed by atoms with Crippen molar-refractivity contribution < 1.29 is 0 Å². The molecule has 1 heterocycles. The van der Waals surface area contributed by atoms with Gasteiger partial charge < -0.3 is 5.32 Å². The molecular formula is C13H14BrN3. The van der Waals surface area contributed by atoms with Crippen LogP contribution in [0.25, 0.3) is 0 Å². The van der Waals surface area contributed by atoms with Crippen LogP contribution in [0.5, 0.6) is 0 Å². The summed E-state index contributed by atoms with van der Waals surface area (Å²) >= 11 is 3.47. The summed E-state index contributed by atoms with van der Waals surface area (Å²) in [5.41, 5.74) is 1.25. The maximum absolute atomic E-state index is 4.18. The van der Waals surface area contributed by atoms with Crippen LogP contribution >= 0.6 is 15.9 Å². The Morgan fingerprint density at radius 3 is 2.71 bits per heavy atom. The SMILES string of the molecule is C[C@@H](NCc1ncccn1)c1cccc(Br)c1. The lowest BCUT2D eigenvalue weighted by Crippen LogP contribution is -2.19. The molecule has 3 nitrogen and oxygen atoms in total. The van der Waals surface area contributed by atoms with Gasteiger partial charge in [-0.15, -0.1) is 0 Å². The van der Waals surface area contributed by atoms with E-state index in [4.69, 9.17) is 0 Å². The normalized spacial score (nSPS) is 12.4. The first-order valence-electron chi connectivity index (χ1n) is 5.50. The number of hydrogen-bond donors (Lipinski definition) is 1. The summed E-state index contributed by atoms with van der Waals surface area (Å²) in [5, 5.41) is 3.40. The van der Waals surface area contributed by atoms with Crippen LogP contribution < -0.4 is 5.32 Å². The van der Waals surface area contributed by atoms with E-state index in [0.717, 1.165) is 10.3 Å². The van der Waals surface area contributed by atoms with Gasteiger partial charge in [0.1, 0.15) is 5.82 Å². The second kappa shape index (κ2) is 5.89. The number of hydrogen-bond acceptors (Lipinski definition) is 3. The Hall–Kier alpha value is -1.26. The molecule has 0 radical (unpaired) electrons. The van der Waals surface area contributed by atoms with Crippen molar-refractivity contribution in [3.05, 3.63) is 58.6 Å². The van der Waals surface area contributed by atoms with E-state index < -0.39 is 0 Å². The van der Waals surface area contributed by atoms with E-state index in [1.165, 1.54) is 5.56 Å². The molecule has 0 saturated heterocycles. The molecule has 0 fully saturated rings. The van der Waals surface area contributed by atoms with E-state index >= 15 is 0 Å². The Morgan fingerprint density at radius 2 is 2.00 bits per heavy atom. The van der Waals surface area contributed by atoms with Crippen molar-refractivity contribution in [3.63, 3.8) is 0 Å². The van der Waals surface area contributed by atoms with Gasteiger partial charge in [0.25, 0.3) is 0 Å². The maximum Gasteiger partial charge on any atom is 0.141 e. The second-order valence-electron chi connectivity index (χ2n) is 3.82. The fraction of sp³-hybridized carbons (Fsp3) is 0.231. The van der Waals surface area contributed by atoms with Crippen molar-refractivity contribution in [2.24, 2.45) is 0 Å². The second-order valence-corrected chi connectivity index (χ2v) is 4.74. The molecule has 1 atom stereocenters. The Morgan fingerprint density at radius 1 is 1.24 bits per heavy atom. The minimum absolute atomic E-state index is 0.274. The highest BCUT2D eigenvalue weighted by Gasteiger charge is 2.05. The van der Waals surface area contributed by atoms with Gasteiger partial charge in [0.05, 0.1) is 6.54 Å². The summed E-state index contributed by atoms with van der Waals surface area (Å²) in [6, 6.07) is 10.4. The van der Waals surface area contributed by atoms with Crippen LogP contribution in [0.3, 0.4) is 0 Å². The lowest BCUT2D eigenvalue weighted by atomic mass is 10.1. The summed E-state index contributed by atoms with van der Waals surface area (Å²) in [6.07, 6.45) is 3.52. The van der Waals surface area contributed by atoms with E-state index in [-0.39, 0.29) is 6.04 Å². The third-order valence-corrected chi connectivity index (χ3v) is 3.03. The maximum atomic E-state index is 4.18. The van der Waals surface area contributed by atoms with Gasteiger partial charge >= 0.3 is 0 Å². The van der Waals surface area contributed by atoms with E-state index in [1.807, 2.05) is 18.2 Å². The van der Waals surface area contributed by atoms with Crippen molar-refractivity contribution in [2.75, 3.05) is 0 Å². The first kappa shape index (κ1) is 12.2. The quantitative estimate of drug-likeness (QED) is 0.941. The molecule has 1 aromatic carbocycles. The number of aromatic nitrogens is 2. The molecule has 0 bridgehead atoms. The predicted molar refractivity (Wildman–Crippen MR) is 71.4 cm³/mol. The van der Waals surface area contributed by atoms with E-state index in [0.29, 0.717) is 6.54 Å². The van der Waals surface area contributed by atoms with Gasteiger partial charge in [-0.1, -0.05) is 28.1 Å². The molecule has 88 valence electrons. The van der Waals surface area contributed by atoms with Gasteiger partial charge in [0.15, 0.2) is 0 Å². The molecule has 0 saturated carbocycles. The Bertz CT molecular complexity index is 473. The predicted octanol–water partition coefficient (Wildman–Crippen LogP) is 3.09. The van der Waals surface area contributed by atoms with E-state index in [9.17, 15) is 0 Å². The number of halogens is 1. The number of rotatable bonds is 4. The molecule has 0 unspecified atom stereocenters. The molecule has 0 aliphatic heterocycles. The van der Waals surface area contributed by atoms with Crippen molar-refractivity contribution in [3.8, 4) is 0 Å². The fourth-order valence-electron chi connectivity index (χ4n) is 1.56. The monoisotopic (exact) mass is 291 g/mol. The molecule has 4 heteroatoms. The van der Waals surface area contributed by atoms with Gasteiger partial charge in [-0.2, -0.15) is 0 Å². The highest BCUT2D eigenvalue weighted by Crippen LogP contribution is 2.17. The van der Waals surface area contributed by atoms with Crippen LogP contribution in [0, 0.1) is 0 Å².